The van der Waals surface area contributed by atoms with Crippen molar-refractivity contribution in [2.75, 3.05) is 0 Å². The van der Waals surface area contributed by atoms with Crippen LogP contribution in [0.3, 0.4) is 0 Å². The average molecular weight is 459 g/mol. The van der Waals surface area contributed by atoms with E-state index in [1.165, 1.54) is 38.1 Å². The Morgan fingerprint density at radius 1 is 0.700 bits per heavy atom. The summed E-state index contributed by atoms with van der Waals surface area (Å²) in [5, 5.41) is 0. The van der Waals surface area contributed by atoms with Crippen molar-refractivity contribution in [1.29, 1.82) is 0 Å². The van der Waals surface area contributed by atoms with Gasteiger partial charge in [0, 0.05) is 12.1 Å². The first-order chi connectivity index (χ1) is 14.0. The van der Waals surface area contributed by atoms with Crippen LogP contribution in [0.5, 0.6) is 0 Å². The Kier molecular flexibility index (Phi) is 6.61. The maximum Gasteiger partial charge on any atom is 0.240 e. The molecule has 0 radical (unpaired) electrons. The average Bonchev–Trinajstić information content (AvgIpc) is 2.67. The number of benzene rings is 2. The molecule has 164 valence electrons. The lowest BCUT2D eigenvalue weighted by Crippen LogP contribution is -2.43. The summed E-state index contributed by atoms with van der Waals surface area (Å²) in [6.45, 7) is 2.99. The van der Waals surface area contributed by atoms with Crippen molar-refractivity contribution < 1.29 is 25.6 Å². The molecule has 0 spiro atoms. The van der Waals surface area contributed by atoms with Crippen LogP contribution in [0.25, 0.3) is 0 Å². The lowest BCUT2D eigenvalue weighted by Gasteiger charge is -2.29. The van der Waals surface area contributed by atoms with Gasteiger partial charge in [-0.1, -0.05) is 0 Å². The molecule has 1 aliphatic rings. The molecule has 0 atom stereocenters. The highest BCUT2D eigenvalue weighted by molar-refractivity contribution is 7.89. The van der Waals surface area contributed by atoms with Crippen molar-refractivity contribution in [2.45, 2.75) is 61.4 Å². The lowest BCUT2D eigenvalue weighted by atomic mass is 9.92. The Morgan fingerprint density at radius 3 is 1.33 bits per heavy atom. The Labute approximate surface area is 175 Å². The molecule has 2 aromatic carbocycles. The van der Waals surface area contributed by atoms with Crippen molar-refractivity contribution in [2.24, 2.45) is 0 Å². The van der Waals surface area contributed by atoms with Gasteiger partial charge in [0.05, 0.1) is 9.79 Å². The minimum absolute atomic E-state index is 0.00379. The van der Waals surface area contributed by atoms with Gasteiger partial charge in [-0.2, -0.15) is 0 Å². The molecule has 0 bridgehead atoms. The number of hydrogen-bond donors (Lipinski definition) is 2. The molecule has 1 fully saturated rings. The quantitative estimate of drug-likeness (QED) is 0.696. The van der Waals surface area contributed by atoms with Gasteiger partial charge in [0.2, 0.25) is 20.0 Å². The molecule has 1 aliphatic carbocycles. The second-order valence-electron chi connectivity index (χ2n) is 7.61. The fourth-order valence-electron chi connectivity index (χ4n) is 3.47. The number of hydrogen-bond acceptors (Lipinski definition) is 4. The summed E-state index contributed by atoms with van der Waals surface area (Å²) in [6, 6.07) is 6.55. The van der Waals surface area contributed by atoms with Crippen molar-refractivity contribution >= 4 is 20.0 Å². The van der Waals surface area contributed by atoms with Gasteiger partial charge in [0.1, 0.15) is 11.6 Å². The lowest BCUT2D eigenvalue weighted by molar-refractivity contribution is 0.356. The zero-order chi connectivity index (χ0) is 22.1. The van der Waals surface area contributed by atoms with Gasteiger partial charge >= 0.3 is 0 Å². The molecule has 30 heavy (non-hydrogen) atoms. The third-order valence-corrected chi connectivity index (χ3v) is 8.29. The Balaban J connectivity index is 1.60. The van der Waals surface area contributed by atoms with E-state index >= 15 is 0 Å². The van der Waals surface area contributed by atoms with Gasteiger partial charge in [-0.3, -0.25) is 0 Å². The van der Waals surface area contributed by atoms with Gasteiger partial charge in [-0.25, -0.2) is 35.1 Å². The summed E-state index contributed by atoms with van der Waals surface area (Å²) in [5.41, 5.74) is 0.485. The molecule has 3 rings (SSSR count). The monoisotopic (exact) mass is 458 g/mol. The number of halogens is 2. The van der Waals surface area contributed by atoms with Crippen molar-refractivity contribution in [3.05, 3.63) is 59.2 Å². The van der Waals surface area contributed by atoms with Crippen LogP contribution in [0, 0.1) is 25.5 Å². The van der Waals surface area contributed by atoms with Crippen LogP contribution < -0.4 is 9.44 Å². The fraction of sp³-hybridized carbons (Fsp3) is 0.400. The molecule has 2 N–H and O–H groups in total. The van der Waals surface area contributed by atoms with Crippen LogP contribution in [-0.2, 0) is 20.0 Å². The Hall–Kier alpha value is -1.88. The summed E-state index contributed by atoms with van der Waals surface area (Å²) in [6.07, 6.45) is 1.81. The molecule has 0 heterocycles. The van der Waals surface area contributed by atoms with Crippen LogP contribution in [0.15, 0.2) is 46.2 Å². The topological polar surface area (TPSA) is 92.3 Å². The fourth-order valence-corrected chi connectivity index (χ4v) is 6.25. The van der Waals surface area contributed by atoms with E-state index in [1.54, 1.807) is 0 Å². The van der Waals surface area contributed by atoms with Crippen LogP contribution in [0.1, 0.15) is 36.8 Å². The first-order valence-electron chi connectivity index (χ1n) is 9.55. The van der Waals surface area contributed by atoms with E-state index in [0.717, 1.165) is 12.1 Å². The first kappa shape index (κ1) is 22.8. The Morgan fingerprint density at radius 2 is 1.03 bits per heavy atom. The van der Waals surface area contributed by atoms with E-state index < -0.39 is 31.7 Å². The molecular weight excluding hydrogens is 434 g/mol. The molecule has 1 saturated carbocycles. The maximum atomic E-state index is 13.4. The minimum Gasteiger partial charge on any atom is -0.208 e. The molecule has 0 unspecified atom stereocenters. The van der Waals surface area contributed by atoms with E-state index in [9.17, 15) is 25.6 Å². The normalized spacial score (nSPS) is 20.3. The molecule has 10 heteroatoms. The summed E-state index contributed by atoms with van der Waals surface area (Å²) in [5.74, 6) is -0.948. The third kappa shape index (κ3) is 5.23. The van der Waals surface area contributed by atoms with Gasteiger partial charge in [-0.05, 0) is 87.1 Å². The molecular formula is C20H24F2N2O4S2. The summed E-state index contributed by atoms with van der Waals surface area (Å²) in [7, 11) is -7.59. The zero-order valence-corrected chi connectivity index (χ0v) is 18.3. The molecule has 0 saturated heterocycles. The van der Waals surface area contributed by atoms with Gasteiger partial charge in [-0.15, -0.1) is 0 Å². The molecule has 0 amide bonds. The molecule has 0 aromatic heterocycles. The highest BCUT2D eigenvalue weighted by atomic mass is 32.2. The van der Waals surface area contributed by atoms with Crippen molar-refractivity contribution in [3.63, 3.8) is 0 Å². The smallest absolute Gasteiger partial charge is 0.208 e. The standard InChI is InChI=1S/C20H24F2N2O4S2/c1-13-11-17(7-9-19(13)21)29(25,26)23-15-3-5-16(6-4-15)24-30(27,28)18-8-10-20(22)14(2)12-18/h7-12,15-16,23-24H,3-6H2,1-2H3. The number of sulfonamides is 2. The molecule has 2 aromatic rings. The van der Waals surface area contributed by atoms with E-state index in [-0.39, 0.29) is 33.0 Å². The van der Waals surface area contributed by atoms with E-state index in [4.69, 9.17) is 0 Å². The second-order valence-corrected chi connectivity index (χ2v) is 11.0. The number of nitrogens with one attached hydrogen (secondary N) is 2. The summed E-state index contributed by atoms with van der Waals surface area (Å²) in [4.78, 5) is -0.00758. The number of rotatable bonds is 6. The predicted molar refractivity (Wildman–Crippen MR) is 109 cm³/mol. The van der Waals surface area contributed by atoms with E-state index in [1.807, 2.05) is 0 Å². The number of aryl methyl sites for hydroxylation is 2. The van der Waals surface area contributed by atoms with Crippen LogP contribution in [-0.4, -0.2) is 28.9 Å². The first-order valence-corrected chi connectivity index (χ1v) is 12.5. The van der Waals surface area contributed by atoms with Crippen LogP contribution >= 0.6 is 0 Å². The second kappa shape index (κ2) is 8.70. The third-order valence-electron chi connectivity index (χ3n) is 5.25. The van der Waals surface area contributed by atoms with Crippen LogP contribution in [0.2, 0.25) is 0 Å². The zero-order valence-electron chi connectivity index (χ0n) is 16.7. The SMILES string of the molecule is Cc1cc(S(=O)(=O)NC2CCC(NS(=O)(=O)c3ccc(F)c(C)c3)CC2)ccc1F. The predicted octanol–water partition coefficient (Wildman–Crippen LogP) is 3.15. The summed E-state index contributed by atoms with van der Waals surface area (Å²) >= 11 is 0. The van der Waals surface area contributed by atoms with E-state index in [0.29, 0.717) is 25.7 Å². The highest BCUT2D eigenvalue weighted by Crippen LogP contribution is 2.23. The summed E-state index contributed by atoms with van der Waals surface area (Å²) < 4.78 is 82.2. The highest BCUT2D eigenvalue weighted by Gasteiger charge is 2.29. The Bertz CT molecular complexity index is 1050. The minimum atomic E-state index is -3.79. The maximum absolute atomic E-state index is 13.4. The largest absolute Gasteiger partial charge is 0.240 e. The van der Waals surface area contributed by atoms with E-state index in [2.05, 4.69) is 9.44 Å². The van der Waals surface area contributed by atoms with Crippen LogP contribution in [0.4, 0.5) is 8.78 Å². The van der Waals surface area contributed by atoms with Crippen molar-refractivity contribution in [3.8, 4) is 0 Å². The van der Waals surface area contributed by atoms with Crippen molar-refractivity contribution in [1.82, 2.24) is 9.44 Å². The van der Waals surface area contributed by atoms with Gasteiger partial charge in [0.15, 0.2) is 0 Å². The van der Waals surface area contributed by atoms with Gasteiger partial charge < -0.3 is 0 Å². The molecule has 0 aliphatic heterocycles. The van der Waals surface area contributed by atoms with Gasteiger partial charge in [0.25, 0.3) is 0 Å². The molecule has 6 nitrogen and oxygen atoms in total.